The molecule has 1 fully saturated rings. The Bertz CT molecular complexity index is 242. The average Bonchev–Trinajstić information content (AvgIpc) is 2.77. The van der Waals surface area contributed by atoms with E-state index in [1.807, 2.05) is 0 Å². The molecule has 19 heavy (non-hydrogen) atoms. The number of carbonyl (C=O) groups excluding carboxylic acids is 1. The predicted molar refractivity (Wildman–Crippen MR) is 85.3 cm³/mol. The van der Waals surface area contributed by atoms with Gasteiger partial charge in [0.2, 0.25) is 5.91 Å². The molecule has 3 N–H and O–H groups in total. The molecule has 4 nitrogen and oxygen atoms in total. The molecule has 0 atom stereocenters. The first-order chi connectivity index (χ1) is 8.12. The summed E-state index contributed by atoms with van der Waals surface area (Å²) in [6.07, 6.45) is 4.86. The molecule has 1 aliphatic carbocycles. The van der Waals surface area contributed by atoms with Gasteiger partial charge in [-0.05, 0) is 38.9 Å². The van der Waals surface area contributed by atoms with Crippen LogP contribution in [0.2, 0.25) is 0 Å². The maximum absolute atomic E-state index is 11.9. The minimum atomic E-state index is -0.574. The molecule has 0 unspecified atom stereocenters. The van der Waals surface area contributed by atoms with Gasteiger partial charge in [0.25, 0.3) is 0 Å². The third kappa shape index (κ3) is 6.80. The molecule has 0 aromatic rings. The number of rotatable bonds is 7. The molecule has 1 rings (SSSR count). The van der Waals surface area contributed by atoms with Crippen molar-refractivity contribution in [2.45, 2.75) is 51.5 Å². The summed E-state index contributed by atoms with van der Waals surface area (Å²) < 4.78 is 0. The normalized spacial score (nSPS) is 16.6. The van der Waals surface area contributed by atoms with Gasteiger partial charge in [-0.3, -0.25) is 4.79 Å². The Morgan fingerprint density at radius 2 is 1.74 bits per heavy atom. The Morgan fingerprint density at radius 3 is 2.21 bits per heavy atom. The van der Waals surface area contributed by atoms with E-state index in [2.05, 4.69) is 24.1 Å². The molecule has 116 valence electrons. The molecule has 0 bridgehead atoms. The highest BCUT2D eigenvalue weighted by Crippen LogP contribution is 2.27. The molecule has 6 heteroatoms. The van der Waals surface area contributed by atoms with Crippen molar-refractivity contribution in [3.63, 3.8) is 0 Å². The number of nitrogens with two attached hydrogens (primary N) is 1. The Balaban J connectivity index is 0. The summed E-state index contributed by atoms with van der Waals surface area (Å²) in [4.78, 5) is 14.3. The zero-order valence-corrected chi connectivity index (χ0v) is 13.7. The summed E-state index contributed by atoms with van der Waals surface area (Å²) >= 11 is 0. The van der Waals surface area contributed by atoms with Crippen molar-refractivity contribution in [2.24, 2.45) is 5.73 Å². The van der Waals surface area contributed by atoms with Gasteiger partial charge < -0.3 is 16.0 Å². The molecular weight excluding hydrogens is 285 g/mol. The maximum atomic E-state index is 11.9. The summed E-state index contributed by atoms with van der Waals surface area (Å²) in [7, 11) is 0. The highest BCUT2D eigenvalue weighted by Gasteiger charge is 2.36. The van der Waals surface area contributed by atoms with Crippen molar-refractivity contribution in [3.8, 4) is 0 Å². The van der Waals surface area contributed by atoms with Crippen LogP contribution in [0.15, 0.2) is 0 Å². The van der Waals surface area contributed by atoms with Gasteiger partial charge >= 0.3 is 0 Å². The van der Waals surface area contributed by atoms with Gasteiger partial charge in [-0.15, -0.1) is 24.8 Å². The topological polar surface area (TPSA) is 58.4 Å². The summed E-state index contributed by atoms with van der Waals surface area (Å²) in [6, 6.07) is 0. The lowest BCUT2D eigenvalue weighted by atomic mass is 9.98. The van der Waals surface area contributed by atoms with Crippen LogP contribution >= 0.6 is 24.8 Å². The van der Waals surface area contributed by atoms with Crippen LogP contribution in [0.3, 0.4) is 0 Å². The molecule has 0 saturated heterocycles. The largest absolute Gasteiger partial charge is 0.354 e. The van der Waals surface area contributed by atoms with Crippen molar-refractivity contribution in [1.29, 1.82) is 0 Å². The number of hydrogen-bond donors (Lipinski definition) is 2. The van der Waals surface area contributed by atoms with Gasteiger partial charge in [0.15, 0.2) is 0 Å². The number of amides is 1. The van der Waals surface area contributed by atoms with Crippen LogP contribution in [0.1, 0.15) is 46.0 Å². The van der Waals surface area contributed by atoms with E-state index in [4.69, 9.17) is 5.73 Å². The van der Waals surface area contributed by atoms with Crippen LogP contribution in [-0.4, -0.2) is 42.5 Å². The molecule has 0 aliphatic heterocycles. The van der Waals surface area contributed by atoms with Crippen LogP contribution in [-0.2, 0) is 4.79 Å². The number of nitrogens with zero attached hydrogens (tertiary/aromatic N) is 1. The molecule has 0 aromatic heterocycles. The van der Waals surface area contributed by atoms with E-state index < -0.39 is 5.54 Å². The van der Waals surface area contributed by atoms with Crippen molar-refractivity contribution >= 4 is 30.7 Å². The molecule has 1 saturated carbocycles. The maximum Gasteiger partial charge on any atom is 0.240 e. The lowest BCUT2D eigenvalue weighted by Gasteiger charge is -2.23. The van der Waals surface area contributed by atoms with Crippen LogP contribution in [0.4, 0.5) is 0 Å². The first kappa shape index (κ1) is 21.3. The SMILES string of the molecule is CCN(CC)CCCNC(=O)C1(N)CCCC1.Cl.Cl. The fourth-order valence-corrected chi connectivity index (χ4v) is 2.45. The van der Waals surface area contributed by atoms with Crippen molar-refractivity contribution < 1.29 is 4.79 Å². The predicted octanol–water partition coefficient (Wildman–Crippen LogP) is 1.95. The van der Waals surface area contributed by atoms with Crippen LogP contribution in [0, 0.1) is 0 Å². The van der Waals surface area contributed by atoms with Crippen LogP contribution in [0.5, 0.6) is 0 Å². The summed E-state index contributed by atoms with van der Waals surface area (Å²) in [5, 5.41) is 2.98. The third-order valence-electron chi connectivity index (χ3n) is 3.78. The molecule has 0 spiro atoms. The van der Waals surface area contributed by atoms with Crippen LogP contribution < -0.4 is 11.1 Å². The van der Waals surface area contributed by atoms with Gasteiger partial charge in [-0.25, -0.2) is 0 Å². The Hall–Kier alpha value is -0.0300. The van der Waals surface area contributed by atoms with E-state index in [0.717, 1.165) is 58.3 Å². The molecule has 0 aromatic carbocycles. The molecule has 1 aliphatic rings. The number of halogens is 2. The summed E-state index contributed by atoms with van der Waals surface area (Å²) in [5.74, 6) is 0.0505. The summed E-state index contributed by atoms with van der Waals surface area (Å²) in [5.41, 5.74) is 5.50. The van der Waals surface area contributed by atoms with E-state index in [1.54, 1.807) is 0 Å². The van der Waals surface area contributed by atoms with Gasteiger partial charge in [0.1, 0.15) is 0 Å². The fraction of sp³-hybridized carbons (Fsp3) is 0.923. The van der Waals surface area contributed by atoms with Crippen molar-refractivity contribution in [2.75, 3.05) is 26.2 Å². The lowest BCUT2D eigenvalue weighted by Crippen LogP contribution is -2.52. The van der Waals surface area contributed by atoms with E-state index >= 15 is 0 Å². The van der Waals surface area contributed by atoms with Crippen molar-refractivity contribution in [3.05, 3.63) is 0 Å². The number of nitrogens with one attached hydrogen (secondary N) is 1. The van der Waals surface area contributed by atoms with Gasteiger partial charge in [-0.2, -0.15) is 0 Å². The van der Waals surface area contributed by atoms with E-state index in [9.17, 15) is 4.79 Å². The van der Waals surface area contributed by atoms with Gasteiger partial charge in [0, 0.05) is 6.54 Å². The zero-order chi connectivity index (χ0) is 12.7. The number of hydrogen-bond acceptors (Lipinski definition) is 3. The smallest absolute Gasteiger partial charge is 0.240 e. The quantitative estimate of drug-likeness (QED) is 0.706. The number of carbonyl (C=O) groups is 1. The van der Waals surface area contributed by atoms with Gasteiger partial charge in [-0.1, -0.05) is 26.7 Å². The minimum absolute atomic E-state index is 0. The summed E-state index contributed by atoms with van der Waals surface area (Å²) in [6.45, 7) is 8.26. The molecule has 1 amide bonds. The molecular formula is C13H29Cl2N3O. The Labute approximate surface area is 129 Å². The van der Waals surface area contributed by atoms with Gasteiger partial charge in [0.05, 0.1) is 5.54 Å². The van der Waals surface area contributed by atoms with E-state index in [1.165, 1.54) is 0 Å². The Kier molecular flexibility index (Phi) is 12.0. The third-order valence-corrected chi connectivity index (χ3v) is 3.78. The van der Waals surface area contributed by atoms with Crippen LogP contribution in [0.25, 0.3) is 0 Å². The first-order valence-electron chi connectivity index (χ1n) is 6.92. The highest BCUT2D eigenvalue weighted by atomic mass is 35.5. The second kappa shape index (κ2) is 10.7. The fourth-order valence-electron chi connectivity index (χ4n) is 2.45. The molecule has 0 radical (unpaired) electrons. The zero-order valence-electron chi connectivity index (χ0n) is 12.1. The standard InChI is InChI=1S/C13H27N3O.2ClH/c1-3-16(4-2)11-7-10-15-12(17)13(14)8-5-6-9-13;;/h3-11,14H2,1-2H3,(H,15,17);2*1H. The first-order valence-corrected chi connectivity index (χ1v) is 6.92. The van der Waals surface area contributed by atoms with E-state index in [-0.39, 0.29) is 30.7 Å². The monoisotopic (exact) mass is 313 g/mol. The average molecular weight is 314 g/mol. The highest BCUT2D eigenvalue weighted by molar-refractivity contribution is 5.86. The second-order valence-electron chi connectivity index (χ2n) is 5.00. The lowest BCUT2D eigenvalue weighted by molar-refractivity contribution is -0.126. The second-order valence-corrected chi connectivity index (χ2v) is 5.00. The molecule has 0 heterocycles. The van der Waals surface area contributed by atoms with E-state index in [0.29, 0.717) is 0 Å². The minimum Gasteiger partial charge on any atom is -0.354 e. The van der Waals surface area contributed by atoms with Crippen molar-refractivity contribution in [1.82, 2.24) is 10.2 Å². The Morgan fingerprint density at radius 1 is 1.21 bits per heavy atom.